The molecule has 1 fully saturated rings. The number of aliphatic hydroxyl groups excluding tert-OH is 1. The Bertz CT molecular complexity index is 202. The maximum Gasteiger partial charge on any atom is 0.0497 e. The largest absolute Gasteiger partial charge is 0.396 e. The summed E-state index contributed by atoms with van der Waals surface area (Å²) in [6.07, 6.45) is 3.54. The lowest BCUT2D eigenvalue weighted by Crippen LogP contribution is -2.50. The Morgan fingerprint density at radius 1 is 1.00 bits per heavy atom. The van der Waals surface area contributed by atoms with Gasteiger partial charge in [-0.3, -0.25) is 0 Å². The minimum Gasteiger partial charge on any atom is -0.396 e. The molecule has 3 nitrogen and oxygen atoms in total. The predicted octanol–water partition coefficient (Wildman–Crippen LogP) is 1.81. The second-order valence-electron chi connectivity index (χ2n) is 5.84. The molecule has 1 atom stereocenters. The van der Waals surface area contributed by atoms with Gasteiger partial charge in [0.15, 0.2) is 0 Å². The molecule has 0 saturated carbocycles. The van der Waals surface area contributed by atoms with Gasteiger partial charge in [0, 0.05) is 44.7 Å². The van der Waals surface area contributed by atoms with E-state index in [0.29, 0.717) is 6.61 Å². The molecule has 1 aliphatic rings. The van der Waals surface area contributed by atoms with Crippen LogP contribution in [0.4, 0.5) is 0 Å². The van der Waals surface area contributed by atoms with Crippen LogP contribution in [0.15, 0.2) is 0 Å². The first kappa shape index (κ1) is 14.9. The minimum atomic E-state index is 0.0989. The molecule has 1 rings (SSSR count). The molecule has 0 bridgehead atoms. The number of aliphatic hydroxyl groups is 1. The van der Waals surface area contributed by atoms with Gasteiger partial charge in [0.05, 0.1) is 0 Å². The van der Waals surface area contributed by atoms with Crippen LogP contribution in [0.5, 0.6) is 0 Å². The normalized spacial score (nSPS) is 22.6. The zero-order valence-electron chi connectivity index (χ0n) is 11.9. The first-order chi connectivity index (χ1) is 8.13. The minimum absolute atomic E-state index is 0.0989. The summed E-state index contributed by atoms with van der Waals surface area (Å²) < 4.78 is 0. The molecule has 0 amide bonds. The van der Waals surface area contributed by atoms with Crippen LogP contribution >= 0.6 is 0 Å². The number of hydrogen-bond donors (Lipinski definition) is 1. The standard InChI is InChI=1S/C14H30N2O/c1-4-6-14(3,13-17)12-16-10-8-15(7-5-2)9-11-16/h17H,4-13H2,1-3H3. The van der Waals surface area contributed by atoms with Crippen molar-refractivity contribution in [3.63, 3.8) is 0 Å². The van der Waals surface area contributed by atoms with E-state index in [9.17, 15) is 5.11 Å². The predicted molar refractivity (Wildman–Crippen MR) is 73.3 cm³/mol. The molecule has 0 aromatic rings. The molecule has 0 aromatic carbocycles. The van der Waals surface area contributed by atoms with Crippen LogP contribution in [0.25, 0.3) is 0 Å². The Hall–Kier alpha value is -0.120. The van der Waals surface area contributed by atoms with Gasteiger partial charge in [0.2, 0.25) is 0 Å². The van der Waals surface area contributed by atoms with E-state index in [1.54, 1.807) is 0 Å². The van der Waals surface area contributed by atoms with Crippen molar-refractivity contribution >= 4 is 0 Å². The van der Waals surface area contributed by atoms with Crippen molar-refractivity contribution in [2.45, 2.75) is 40.0 Å². The molecule has 17 heavy (non-hydrogen) atoms. The van der Waals surface area contributed by atoms with Gasteiger partial charge in [-0.25, -0.2) is 0 Å². The maximum atomic E-state index is 9.55. The second-order valence-corrected chi connectivity index (χ2v) is 5.84. The summed E-state index contributed by atoms with van der Waals surface area (Å²) in [6.45, 7) is 14.0. The Labute approximate surface area is 107 Å². The number of nitrogens with zero attached hydrogens (tertiary/aromatic N) is 2. The molecule has 1 saturated heterocycles. The highest BCUT2D eigenvalue weighted by Gasteiger charge is 2.27. The fourth-order valence-electron chi connectivity index (χ4n) is 2.84. The van der Waals surface area contributed by atoms with Gasteiger partial charge in [-0.1, -0.05) is 27.2 Å². The SMILES string of the molecule is CCCN1CCN(CC(C)(CO)CCC)CC1. The number of hydrogen-bond acceptors (Lipinski definition) is 3. The summed E-state index contributed by atoms with van der Waals surface area (Å²) in [6, 6.07) is 0. The summed E-state index contributed by atoms with van der Waals surface area (Å²) in [5, 5.41) is 9.55. The first-order valence-corrected chi connectivity index (χ1v) is 7.19. The average molecular weight is 242 g/mol. The van der Waals surface area contributed by atoms with E-state index in [-0.39, 0.29) is 5.41 Å². The van der Waals surface area contributed by atoms with Crippen molar-refractivity contribution < 1.29 is 5.11 Å². The Kier molecular flexibility index (Phi) is 6.45. The monoisotopic (exact) mass is 242 g/mol. The van der Waals surface area contributed by atoms with E-state index in [2.05, 4.69) is 30.6 Å². The van der Waals surface area contributed by atoms with Gasteiger partial charge >= 0.3 is 0 Å². The van der Waals surface area contributed by atoms with Crippen molar-refractivity contribution in [1.29, 1.82) is 0 Å². The number of piperazine rings is 1. The van der Waals surface area contributed by atoms with Gasteiger partial charge < -0.3 is 14.9 Å². The lowest BCUT2D eigenvalue weighted by Gasteiger charge is -2.39. The summed E-state index contributed by atoms with van der Waals surface area (Å²) >= 11 is 0. The fourth-order valence-corrected chi connectivity index (χ4v) is 2.84. The molecule has 102 valence electrons. The summed E-state index contributed by atoms with van der Waals surface area (Å²) in [7, 11) is 0. The molecule has 0 spiro atoms. The van der Waals surface area contributed by atoms with E-state index < -0.39 is 0 Å². The van der Waals surface area contributed by atoms with E-state index >= 15 is 0 Å². The summed E-state index contributed by atoms with van der Waals surface area (Å²) in [5.74, 6) is 0. The van der Waals surface area contributed by atoms with Crippen LogP contribution in [0.2, 0.25) is 0 Å². The molecule has 1 unspecified atom stereocenters. The Morgan fingerprint density at radius 2 is 1.59 bits per heavy atom. The van der Waals surface area contributed by atoms with Crippen LogP contribution < -0.4 is 0 Å². The zero-order chi connectivity index (χ0) is 12.7. The van der Waals surface area contributed by atoms with Crippen LogP contribution in [0.3, 0.4) is 0 Å². The summed E-state index contributed by atoms with van der Waals surface area (Å²) in [5.41, 5.74) is 0.0989. The second kappa shape index (κ2) is 7.34. The van der Waals surface area contributed by atoms with E-state index in [4.69, 9.17) is 0 Å². The maximum absolute atomic E-state index is 9.55. The average Bonchev–Trinajstić information content (AvgIpc) is 2.32. The van der Waals surface area contributed by atoms with Crippen molar-refractivity contribution in [1.82, 2.24) is 9.80 Å². The molecule has 0 aromatic heterocycles. The first-order valence-electron chi connectivity index (χ1n) is 7.19. The molecular weight excluding hydrogens is 212 g/mol. The van der Waals surface area contributed by atoms with E-state index in [1.165, 1.54) is 39.1 Å². The summed E-state index contributed by atoms with van der Waals surface area (Å²) in [4.78, 5) is 5.07. The Morgan fingerprint density at radius 3 is 2.06 bits per heavy atom. The van der Waals surface area contributed by atoms with Crippen molar-refractivity contribution in [2.75, 3.05) is 45.9 Å². The topological polar surface area (TPSA) is 26.7 Å². The van der Waals surface area contributed by atoms with Crippen molar-refractivity contribution in [3.8, 4) is 0 Å². The van der Waals surface area contributed by atoms with Gasteiger partial charge in [-0.15, -0.1) is 0 Å². The zero-order valence-corrected chi connectivity index (χ0v) is 11.9. The molecule has 0 radical (unpaired) electrons. The molecule has 1 heterocycles. The van der Waals surface area contributed by atoms with Crippen LogP contribution in [0.1, 0.15) is 40.0 Å². The molecule has 0 aliphatic carbocycles. The highest BCUT2D eigenvalue weighted by atomic mass is 16.3. The van der Waals surface area contributed by atoms with Crippen LogP contribution in [-0.2, 0) is 0 Å². The third kappa shape index (κ3) is 4.94. The van der Waals surface area contributed by atoms with Crippen molar-refractivity contribution in [3.05, 3.63) is 0 Å². The quantitative estimate of drug-likeness (QED) is 0.737. The lowest BCUT2D eigenvalue weighted by atomic mass is 9.86. The third-order valence-electron chi connectivity index (χ3n) is 3.85. The van der Waals surface area contributed by atoms with E-state index in [0.717, 1.165) is 19.4 Å². The van der Waals surface area contributed by atoms with Gasteiger partial charge in [-0.2, -0.15) is 0 Å². The lowest BCUT2D eigenvalue weighted by molar-refractivity contribution is 0.0509. The van der Waals surface area contributed by atoms with Gasteiger partial charge in [0.1, 0.15) is 0 Å². The molecule has 1 N–H and O–H groups in total. The van der Waals surface area contributed by atoms with Crippen LogP contribution in [0, 0.1) is 5.41 Å². The van der Waals surface area contributed by atoms with Crippen LogP contribution in [-0.4, -0.2) is 60.8 Å². The fraction of sp³-hybridized carbons (Fsp3) is 1.00. The molecule has 1 aliphatic heterocycles. The van der Waals surface area contributed by atoms with Crippen molar-refractivity contribution in [2.24, 2.45) is 5.41 Å². The highest BCUT2D eigenvalue weighted by molar-refractivity contribution is 4.80. The van der Waals surface area contributed by atoms with Gasteiger partial charge in [-0.05, 0) is 19.4 Å². The molecular formula is C14H30N2O. The number of rotatable bonds is 7. The van der Waals surface area contributed by atoms with E-state index in [1.807, 2.05) is 0 Å². The Balaban J connectivity index is 2.33. The smallest absolute Gasteiger partial charge is 0.0497 e. The highest BCUT2D eigenvalue weighted by Crippen LogP contribution is 2.24. The third-order valence-corrected chi connectivity index (χ3v) is 3.85. The molecule has 3 heteroatoms. The van der Waals surface area contributed by atoms with Gasteiger partial charge in [0.25, 0.3) is 0 Å².